The van der Waals surface area contributed by atoms with Crippen LogP contribution in [0.5, 0.6) is 5.75 Å². The number of rotatable bonds is 6. The smallest absolute Gasteiger partial charge is 0.220 e. The zero-order valence-electron chi connectivity index (χ0n) is 16.0. The number of ether oxygens (including phenoxy) is 1. The Balaban J connectivity index is 1.52. The van der Waals surface area contributed by atoms with Crippen molar-refractivity contribution in [1.82, 2.24) is 5.32 Å². The zero-order valence-corrected chi connectivity index (χ0v) is 17.6. The Morgan fingerprint density at radius 1 is 1.26 bits per heavy atom. The van der Waals surface area contributed by atoms with Crippen LogP contribution in [0.2, 0.25) is 5.02 Å². The molecular weight excluding hydrogens is 378 g/mol. The molecule has 3 nitrogen and oxygen atoms in total. The van der Waals surface area contributed by atoms with Gasteiger partial charge in [-0.3, -0.25) is 4.79 Å². The van der Waals surface area contributed by atoms with E-state index in [1.165, 1.54) is 4.90 Å². The van der Waals surface area contributed by atoms with Crippen LogP contribution >= 0.6 is 23.4 Å². The number of halogens is 1. The van der Waals surface area contributed by atoms with Crippen molar-refractivity contribution in [2.75, 3.05) is 5.75 Å². The summed E-state index contributed by atoms with van der Waals surface area (Å²) in [6, 6.07) is 14.0. The highest BCUT2D eigenvalue weighted by Gasteiger charge is 2.34. The lowest BCUT2D eigenvalue weighted by molar-refractivity contribution is -0.122. The number of amides is 1. The Hall–Kier alpha value is -1.65. The predicted octanol–water partition coefficient (Wildman–Crippen LogP) is 5.94. The van der Waals surface area contributed by atoms with E-state index < -0.39 is 0 Å². The Bertz CT molecular complexity index is 804. The van der Waals surface area contributed by atoms with Crippen LogP contribution in [0, 0.1) is 6.92 Å². The number of fused-ring (bicyclic) bond motifs is 1. The maximum atomic E-state index is 12.5. The lowest BCUT2D eigenvalue weighted by atomic mass is 9.89. The Morgan fingerprint density at radius 2 is 2.00 bits per heavy atom. The van der Waals surface area contributed by atoms with Crippen LogP contribution in [0.4, 0.5) is 0 Å². The van der Waals surface area contributed by atoms with E-state index in [4.69, 9.17) is 16.3 Å². The number of hydrogen-bond acceptors (Lipinski definition) is 3. The first-order valence-corrected chi connectivity index (χ1v) is 10.7. The van der Waals surface area contributed by atoms with Gasteiger partial charge in [0, 0.05) is 28.3 Å². The molecule has 2 aromatic rings. The normalized spacial score (nSPS) is 17.7. The average molecular weight is 404 g/mol. The maximum absolute atomic E-state index is 12.5. The number of hydrogen-bond donors (Lipinski definition) is 1. The summed E-state index contributed by atoms with van der Waals surface area (Å²) in [5.74, 6) is 1.89. The van der Waals surface area contributed by atoms with E-state index in [0.29, 0.717) is 6.42 Å². The topological polar surface area (TPSA) is 38.3 Å². The van der Waals surface area contributed by atoms with Crippen molar-refractivity contribution in [1.29, 1.82) is 0 Å². The van der Waals surface area contributed by atoms with Crippen molar-refractivity contribution in [3.05, 3.63) is 58.6 Å². The number of thioether (sulfide) groups is 1. The molecule has 1 aliphatic rings. The van der Waals surface area contributed by atoms with Gasteiger partial charge < -0.3 is 10.1 Å². The van der Waals surface area contributed by atoms with E-state index in [9.17, 15) is 4.79 Å². The first-order valence-electron chi connectivity index (χ1n) is 9.30. The number of benzene rings is 2. The molecule has 0 bridgehead atoms. The zero-order chi connectivity index (χ0) is 19.4. The van der Waals surface area contributed by atoms with Crippen LogP contribution < -0.4 is 10.1 Å². The van der Waals surface area contributed by atoms with Gasteiger partial charge in [0.1, 0.15) is 11.4 Å². The summed E-state index contributed by atoms with van der Waals surface area (Å²) >= 11 is 7.65. The van der Waals surface area contributed by atoms with Crippen molar-refractivity contribution >= 4 is 29.3 Å². The summed E-state index contributed by atoms with van der Waals surface area (Å²) in [5.41, 5.74) is 1.95. The van der Waals surface area contributed by atoms with E-state index in [2.05, 4.69) is 44.3 Å². The third kappa shape index (κ3) is 5.66. The Labute approximate surface area is 170 Å². The molecule has 3 rings (SSSR count). The molecule has 1 unspecified atom stereocenters. The van der Waals surface area contributed by atoms with Crippen molar-refractivity contribution in [3.8, 4) is 5.75 Å². The summed E-state index contributed by atoms with van der Waals surface area (Å²) in [4.78, 5) is 13.7. The van der Waals surface area contributed by atoms with Gasteiger partial charge in [0.05, 0.1) is 6.04 Å². The monoisotopic (exact) mass is 403 g/mol. The molecule has 27 heavy (non-hydrogen) atoms. The third-order valence-corrected chi connectivity index (χ3v) is 5.94. The minimum absolute atomic E-state index is 0.000711. The van der Waals surface area contributed by atoms with Gasteiger partial charge in [-0.15, -0.1) is 11.8 Å². The fourth-order valence-electron chi connectivity index (χ4n) is 3.31. The number of nitrogens with one attached hydrogen (secondary N) is 1. The number of carbonyl (C=O) groups is 1. The molecule has 1 heterocycles. The summed E-state index contributed by atoms with van der Waals surface area (Å²) in [7, 11) is 0. The molecule has 0 aliphatic carbocycles. The fraction of sp³-hybridized carbons (Fsp3) is 0.409. The van der Waals surface area contributed by atoms with Gasteiger partial charge in [-0.25, -0.2) is 0 Å². The SMILES string of the molecule is Cc1ccc2c(c1)OC(C)(C)CC2NC(=O)CCCSc1ccc(Cl)cc1. The molecule has 0 radical (unpaired) electrons. The molecule has 2 aromatic carbocycles. The molecule has 0 saturated heterocycles. The second kappa shape index (κ2) is 8.57. The summed E-state index contributed by atoms with van der Waals surface area (Å²) in [6.45, 7) is 6.19. The summed E-state index contributed by atoms with van der Waals surface area (Å²) in [6.07, 6.45) is 2.14. The van der Waals surface area contributed by atoms with E-state index in [0.717, 1.165) is 40.5 Å². The number of carbonyl (C=O) groups excluding carboxylic acids is 1. The minimum atomic E-state index is -0.289. The van der Waals surface area contributed by atoms with Gasteiger partial charge in [0.25, 0.3) is 0 Å². The third-order valence-electron chi connectivity index (χ3n) is 4.59. The van der Waals surface area contributed by atoms with Crippen LogP contribution in [0.15, 0.2) is 47.4 Å². The van der Waals surface area contributed by atoms with E-state index in [-0.39, 0.29) is 17.6 Å². The molecule has 5 heteroatoms. The Kier molecular flexibility index (Phi) is 6.38. The first kappa shape index (κ1) is 20.1. The van der Waals surface area contributed by atoms with E-state index >= 15 is 0 Å². The van der Waals surface area contributed by atoms with Crippen molar-refractivity contribution in [3.63, 3.8) is 0 Å². The fourth-order valence-corrected chi connectivity index (χ4v) is 4.29. The molecular formula is C22H26ClNO2S. The molecule has 0 saturated carbocycles. The molecule has 0 aromatic heterocycles. The standard InChI is InChI=1S/C22H26ClNO2S/c1-15-6-11-18-19(14-22(2,3)26-20(18)13-15)24-21(25)5-4-12-27-17-9-7-16(23)8-10-17/h6-11,13,19H,4-5,12,14H2,1-3H3,(H,24,25). The van der Waals surface area contributed by atoms with Crippen molar-refractivity contribution < 1.29 is 9.53 Å². The largest absolute Gasteiger partial charge is 0.487 e. The van der Waals surface area contributed by atoms with Crippen LogP contribution in [0.3, 0.4) is 0 Å². The second-order valence-electron chi connectivity index (χ2n) is 7.63. The molecule has 1 N–H and O–H groups in total. The summed E-state index contributed by atoms with van der Waals surface area (Å²) in [5, 5.41) is 3.95. The molecule has 1 aliphatic heterocycles. The van der Waals surface area contributed by atoms with E-state index in [1.807, 2.05) is 24.3 Å². The van der Waals surface area contributed by atoms with Gasteiger partial charge in [-0.1, -0.05) is 23.7 Å². The Morgan fingerprint density at radius 3 is 2.74 bits per heavy atom. The highest BCUT2D eigenvalue weighted by Crippen LogP contribution is 2.39. The highest BCUT2D eigenvalue weighted by molar-refractivity contribution is 7.99. The average Bonchev–Trinajstić information content (AvgIpc) is 2.59. The van der Waals surface area contributed by atoms with Crippen molar-refractivity contribution in [2.24, 2.45) is 0 Å². The lowest BCUT2D eigenvalue weighted by Gasteiger charge is -2.38. The van der Waals surface area contributed by atoms with Crippen LogP contribution in [-0.4, -0.2) is 17.3 Å². The highest BCUT2D eigenvalue weighted by atomic mass is 35.5. The van der Waals surface area contributed by atoms with Crippen LogP contribution in [0.25, 0.3) is 0 Å². The van der Waals surface area contributed by atoms with Crippen LogP contribution in [-0.2, 0) is 4.79 Å². The summed E-state index contributed by atoms with van der Waals surface area (Å²) < 4.78 is 6.10. The van der Waals surface area contributed by atoms with E-state index in [1.54, 1.807) is 11.8 Å². The molecule has 1 atom stereocenters. The minimum Gasteiger partial charge on any atom is -0.487 e. The van der Waals surface area contributed by atoms with Gasteiger partial charge in [-0.05, 0) is 68.8 Å². The maximum Gasteiger partial charge on any atom is 0.220 e. The first-order chi connectivity index (χ1) is 12.8. The predicted molar refractivity (Wildman–Crippen MR) is 113 cm³/mol. The molecule has 144 valence electrons. The van der Waals surface area contributed by atoms with Gasteiger partial charge in [0.15, 0.2) is 0 Å². The van der Waals surface area contributed by atoms with Gasteiger partial charge in [0.2, 0.25) is 5.91 Å². The van der Waals surface area contributed by atoms with Crippen LogP contribution in [0.1, 0.15) is 50.3 Å². The van der Waals surface area contributed by atoms with Gasteiger partial charge in [-0.2, -0.15) is 0 Å². The molecule has 0 fully saturated rings. The molecule has 1 amide bonds. The van der Waals surface area contributed by atoms with Gasteiger partial charge >= 0.3 is 0 Å². The second-order valence-corrected chi connectivity index (χ2v) is 9.24. The molecule has 0 spiro atoms. The lowest BCUT2D eigenvalue weighted by Crippen LogP contribution is -2.41. The van der Waals surface area contributed by atoms with Crippen molar-refractivity contribution in [2.45, 2.75) is 56.6 Å². The quantitative estimate of drug-likeness (QED) is 0.479. The number of aryl methyl sites for hydroxylation is 1.